The van der Waals surface area contributed by atoms with E-state index in [1.165, 1.54) is 0 Å². The summed E-state index contributed by atoms with van der Waals surface area (Å²) in [4.78, 5) is 0. The topological polar surface area (TPSA) is 49.7 Å². The lowest BCUT2D eigenvalue weighted by Crippen LogP contribution is -1.84. The second-order valence-electron chi connectivity index (χ2n) is 0.923. The van der Waals surface area contributed by atoms with Gasteiger partial charge in [0.05, 0.1) is 0 Å². The van der Waals surface area contributed by atoms with E-state index in [0.717, 1.165) is 13.2 Å². The molecular formula is C4H13BO3. The van der Waals surface area contributed by atoms with Gasteiger partial charge in [-0.2, -0.15) is 0 Å². The molecule has 0 aromatic heterocycles. The fourth-order valence-electron chi connectivity index (χ4n) is 0.204. The van der Waals surface area contributed by atoms with Gasteiger partial charge in [-0.1, -0.05) is 0 Å². The monoisotopic (exact) mass is 120 g/mol. The second kappa shape index (κ2) is 15.8. The zero-order chi connectivity index (χ0) is 6.83. The van der Waals surface area contributed by atoms with Crippen molar-refractivity contribution in [1.82, 2.24) is 0 Å². The van der Waals surface area contributed by atoms with Gasteiger partial charge in [0.1, 0.15) is 0 Å². The Morgan fingerprint density at radius 2 is 1.50 bits per heavy atom. The fraction of sp³-hybridized carbons (Fsp3) is 1.00. The minimum atomic E-state index is -0.750. The molecule has 2 N–H and O–H groups in total. The molecule has 0 heterocycles. The van der Waals surface area contributed by atoms with Crippen LogP contribution in [0, 0.1) is 0 Å². The van der Waals surface area contributed by atoms with Crippen molar-refractivity contribution >= 4 is 7.69 Å². The summed E-state index contributed by atoms with van der Waals surface area (Å²) >= 11 is 0. The predicted molar refractivity (Wildman–Crippen MR) is 33.8 cm³/mol. The first-order chi connectivity index (χ1) is 3.83. The van der Waals surface area contributed by atoms with E-state index in [-0.39, 0.29) is 0 Å². The van der Waals surface area contributed by atoms with E-state index in [4.69, 9.17) is 14.8 Å². The van der Waals surface area contributed by atoms with Crippen LogP contribution in [0.25, 0.3) is 0 Å². The lowest BCUT2D eigenvalue weighted by atomic mass is 10.5. The van der Waals surface area contributed by atoms with Gasteiger partial charge in [-0.3, -0.25) is 0 Å². The van der Waals surface area contributed by atoms with E-state index in [1.807, 2.05) is 13.8 Å². The van der Waals surface area contributed by atoms with Crippen molar-refractivity contribution in [2.24, 2.45) is 0 Å². The summed E-state index contributed by atoms with van der Waals surface area (Å²) in [5, 5.41) is 14.2. The van der Waals surface area contributed by atoms with Gasteiger partial charge in [0.2, 0.25) is 0 Å². The van der Waals surface area contributed by atoms with Gasteiger partial charge in [0.15, 0.2) is 0 Å². The third kappa shape index (κ3) is 38.4. The van der Waals surface area contributed by atoms with Crippen molar-refractivity contribution in [1.29, 1.82) is 0 Å². The van der Waals surface area contributed by atoms with Crippen molar-refractivity contribution in [3.05, 3.63) is 0 Å². The number of hydrogen-bond acceptors (Lipinski definition) is 3. The Morgan fingerprint density at radius 3 is 1.50 bits per heavy atom. The number of ether oxygens (including phenoxy) is 1. The molecule has 0 rings (SSSR count). The molecule has 0 spiro atoms. The average molecular weight is 120 g/mol. The first-order valence-corrected chi connectivity index (χ1v) is 2.62. The molecule has 4 heteroatoms. The Morgan fingerprint density at radius 1 is 1.25 bits per heavy atom. The molecule has 8 heavy (non-hydrogen) atoms. The SMILES string of the molecule is CCOCC.OBO. The molecule has 0 unspecified atom stereocenters. The Bertz CT molecular complexity index is 25.2. The third-order valence-corrected chi connectivity index (χ3v) is 0.408. The van der Waals surface area contributed by atoms with Crippen LogP contribution in [-0.2, 0) is 4.74 Å². The molecule has 50 valence electrons. The zero-order valence-electron chi connectivity index (χ0n) is 5.42. The Hall–Kier alpha value is -0.0551. The predicted octanol–water partition coefficient (Wildman–Crippen LogP) is -0.720. The highest BCUT2D eigenvalue weighted by molar-refractivity contribution is 6.13. The molecule has 0 radical (unpaired) electrons. The number of rotatable bonds is 2. The van der Waals surface area contributed by atoms with Gasteiger partial charge in [-0.15, -0.1) is 0 Å². The largest absolute Gasteiger partial charge is 0.432 e. The highest BCUT2D eigenvalue weighted by Crippen LogP contribution is 1.64. The van der Waals surface area contributed by atoms with Crippen LogP contribution in [0.3, 0.4) is 0 Å². The minimum absolute atomic E-state index is 0.750. The highest BCUT2D eigenvalue weighted by atomic mass is 16.5. The second-order valence-corrected chi connectivity index (χ2v) is 0.923. The van der Waals surface area contributed by atoms with E-state index < -0.39 is 7.69 Å². The van der Waals surface area contributed by atoms with E-state index in [2.05, 4.69) is 0 Å². The first-order valence-electron chi connectivity index (χ1n) is 2.62. The van der Waals surface area contributed by atoms with Gasteiger partial charge < -0.3 is 14.8 Å². The normalized spacial score (nSPS) is 7.00. The average Bonchev–Trinajstić information content (AvgIpc) is 1.71. The fourth-order valence-corrected chi connectivity index (χ4v) is 0.204. The van der Waals surface area contributed by atoms with Gasteiger partial charge >= 0.3 is 7.69 Å². The summed E-state index contributed by atoms with van der Waals surface area (Å²) in [5.74, 6) is 0. The van der Waals surface area contributed by atoms with Gasteiger partial charge in [-0.25, -0.2) is 0 Å². The van der Waals surface area contributed by atoms with E-state index in [9.17, 15) is 0 Å². The molecule has 0 aliphatic heterocycles. The molecule has 0 bridgehead atoms. The first kappa shape index (κ1) is 10.8. The maximum Gasteiger partial charge on any atom is 0.432 e. The maximum absolute atomic E-state index is 7.12. The molecule has 0 aromatic carbocycles. The van der Waals surface area contributed by atoms with Gasteiger partial charge in [0.25, 0.3) is 0 Å². The number of hydrogen-bond donors (Lipinski definition) is 2. The zero-order valence-corrected chi connectivity index (χ0v) is 5.42. The lowest BCUT2D eigenvalue weighted by molar-refractivity contribution is 0.162. The van der Waals surface area contributed by atoms with Gasteiger partial charge in [-0.05, 0) is 13.8 Å². The Kier molecular flexibility index (Phi) is 21.4. The summed E-state index contributed by atoms with van der Waals surface area (Å²) in [6, 6.07) is 0. The molecule has 0 saturated heterocycles. The van der Waals surface area contributed by atoms with Crippen molar-refractivity contribution in [3.63, 3.8) is 0 Å². The van der Waals surface area contributed by atoms with Crippen LogP contribution in [0.1, 0.15) is 13.8 Å². The van der Waals surface area contributed by atoms with Crippen LogP contribution in [0.2, 0.25) is 0 Å². The quantitative estimate of drug-likeness (QED) is 0.473. The minimum Gasteiger partial charge on any atom is -0.430 e. The summed E-state index contributed by atoms with van der Waals surface area (Å²) < 4.78 is 4.83. The highest BCUT2D eigenvalue weighted by Gasteiger charge is 1.64. The molecule has 0 aliphatic rings. The van der Waals surface area contributed by atoms with Crippen LogP contribution in [0.15, 0.2) is 0 Å². The van der Waals surface area contributed by atoms with Crippen molar-refractivity contribution in [2.45, 2.75) is 13.8 Å². The van der Waals surface area contributed by atoms with E-state index >= 15 is 0 Å². The molecule has 0 aromatic rings. The molecule has 0 saturated carbocycles. The summed E-state index contributed by atoms with van der Waals surface area (Å²) in [7, 11) is -0.750. The van der Waals surface area contributed by atoms with Crippen LogP contribution in [0.5, 0.6) is 0 Å². The van der Waals surface area contributed by atoms with Crippen molar-refractivity contribution in [3.8, 4) is 0 Å². The van der Waals surface area contributed by atoms with Crippen LogP contribution in [0.4, 0.5) is 0 Å². The summed E-state index contributed by atoms with van der Waals surface area (Å²) in [5.41, 5.74) is 0. The molecule has 0 amide bonds. The third-order valence-electron chi connectivity index (χ3n) is 0.408. The molecular weight excluding hydrogens is 107 g/mol. The summed E-state index contributed by atoms with van der Waals surface area (Å²) in [6.45, 7) is 5.67. The van der Waals surface area contributed by atoms with Gasteiger partial charge in [0, 0.05) is 13.2 Å². The van der Waals surface area contributed by atoms with Crippen molar-refractivity contribution < 1.29 is 14.8 Å². The van der Waals surface area contributed by atoms with Crippen LogP contribution in [-0.4, -0.2) is 30.9 Å². The standard InChI is InChI=1S/C4H10O.BH3O2/c1-3-5-4-2;2-1-3/h3-4H2,1-2H3;1-3H. The Labute approximate surface area is 50.6 Å². The van der Waals surface area contributed by atoms with Crippen LogP contribution < -0.4 is 0 Å². The molecule has 0 fully saturated rings. The van der Waals surface area contributed by atoms with E-state index in [0.29, 0.717) is 0 Å². The van der Waals surface area contributed by atoms with Crippen molar-refractivity contribution in [2.75, 3.05) is 13.2 Å². The lowest BCUT2D eigenvalue weighted by Gasteiger charge is -1.86. The maximum atomic E-state index is 7.12. The smallest absolute Gasteiger partial charge is 0.430 e. The molecule has 0 atom stereocenters. The van der Waals surface area contributed by atoms with E-state index in [1.54, 1.807) is 0 Å². The van der Waals surface area contributed by atoms with Crippen LogP contribution >= 0.6 is 0 Å². The Balaban J connectivity index is 0. The molecule has 0 aliphatic carbocycles. The summed E-state index contributed by atoms with van der Waals surface area (Å²) in [6.07, 6.45) is 0. The molecule has 3 nitrogen and oxygen atoms in total.